The Kier molecular flexibility index (Phi) is 104. The predicted molar refractivity (Wildman–Crippen MR) is 81.9 cm³/mol. The Morgan fingerprint density at radius 2 is 0.621 bits per heavy atom. The van der Waals surface area contributed by atoms with Crippen molar-refractivity contribution < 1.29 is 129 Å². The Hall–Kier alpha value is 2.03. The molecule has 0 aromatic carbocycles. The van der Waals surface area contributed by atoms with E-state index < -0.39 is 8.07 Å². The molecular formula is C18H14Mo2Na2O6Si+2. The van der Waals surface area contributed by atoms with Crippen molar-refractivity contribution in [3.8, 4) is 0 Å². The Balaban J connectivity index is -0.0000000313. The van der Waals surface area contributed by atoms with Crippen molar-refractivity contribution in [3.63, 3.8) is 0 Å². The van der Waals surface area contributed by atoms with Gasteiger partial charge in [-0.1, -0.05) is 13.1 Å². The second kappa shape index (κ2) is 52.1. The molecule has 11 heteroatoms. The Labute approximate surface area is 249 Å². The van der Waals surface area contributed by atoms with E-state index in [-0.39, 0.29) is 101 Å². The molecule has 0 saturated heterocycles. The van der Waals surface area contributed by atoms with Crippen LogP contribution in [0.3, 0.4) is 0 Å². The zero-order chi connectivity index (χ0) is 21.3. The first-order valence-electron chi connectivity index (χ1n) is 5.88. The molecule has 2 aliphatic rings. The van der Waals surface area contributed by atoms with Gasteiger partial charge in [-0.25, -0.2) is 0 Å². The maximum Gasteiger partial charge on any atom is 1.00 e. The molecular weight excluding hydrogens is 578 g/mol. The van der Waals surface area contributed by atoms with Crippen molar-refractivity contribution in [2.75, 3.05) is 0 Å². The van der Waals surface area contributed by atoms with Crippen molar-refractivity contribution in [2.24, 2.45) is 0 Å². The SMILES string of the molecule is C[Si](C)([C]1[CH][CH][CH][CH]1)[C]1[CH][CH][CH][CH]1.[C-]#[O+].[C-]#[O+].[C-]#[O+].[C-]#[O+].[C-]#[O+].[C-]#[O+].[Mo].[Mo].[Na+].[Na+]. The van der Waals surface area contributed by atoms with E-state index in [1.54, 1.807) is 0 Å². The smallest absolute Gasteiger partial charge is 0 e. The van der Waals surface area contributed by atoms with E-state index >= 15 is 0 Å². The molecule has 138 valence electrons. The van der Waals surface area contributed by atoms with Crippen LogP contribution in [-0.4, -0.2) is 8.07 Å². The molecule has 0 atom stereocenters. The van der Waals surface area contributed by atoms with Crippen molar-refractivity contribution in [1.82, 2.24) is 0 Å². The summed E-state index contributed by atoms with van der Waals surface area (Å²) in [6.07, 6.45) is 17.5. The molecule has 2 rings (SSSR count). The van der Waals surface area contributed by atoms with Gasteiger partial charge in [-0.15, -0.1) is 0 Å². The van der Waals surface area contributed by atoms with Crippen LogP contribution in [0.4, 0.5) is 0 Å². The van der Waals surface area contributed by atoms with Crippen molar-refractivity contribution >= 4 is 8.07 Å². The summed E-state index contributed by atoms with van der Waals surface area (Å²) in [5.41, 5.74) is 3.05. The van der Waals surface area contributed by atoms with Gasteiger partial charge in [0.15, 0.2) is 0 Å². The van der Waals surface area contributed by atoms with Crippen LogP contribution in [0.5, 0.6) is 0 Å². The summed E-state index contributed by atoms with van der Waals surface area (Å²) in [7, 11) is -1.35. The molecule has 0 aromatic rings. The third-order valence-electron chi connectivity index (χ3n) is 2.77. The zero-order valence-electron chi connectivity index (χ0n) is 16.4. The van der Waals surface area contributed by atoms with Crippen LogP contribution >= 0.6 is 0 Å². The topological polar surface area (TPSA) is 119 Å². The number of hydrogen-bond acceptors (Lipinski definition) is 0. The van der Waals surface area contributed by atoms with Crippen molar-refractivity contribution in [3.05, 3.63) is 102 Å². The summed E-state index contributed by atoms with van der Waals surface area (Å²) >= 11 is 0. The second-order valence-corrected chi connectivity index (χ2v) is 8.38. The van der Waals surface area contributed by atoms with Crippen LogP contribution in [0.15, 0.2) is 0 Å². The second-order valence-electron chi connectivity index (χ2n) is 3.97. The van der Waals surface area contributed by atoms with Gasteiger partial charge in [0.25, 0.3) is 0 Å². The van der Waals surface area contributed by atoms with E-state index in [9.17, 15) is 0 Å². The van der Waals surface area contributed by atoms with Gasteiger partial charge in [-0.2, -0.15) is 0 Å². The number of rotatable bonds is 2. The molecule has 0 spiro atoms. The van der Waals surface area contributed by atoms with Gasteiger partial charge in [0, 0.05) is 42.1 Å². The molecule has 6 nitrogen and oxygen atoms in total. The summed E-state index contributed by atoms with van der Waals surface area (Å²) in [5.74, 6) is 0. The van der Waals surface area contributed by atoms with Crippen LogP contribution in [0.2, 0.25) is 13.1 Å². The van der Waals surface area contributed by atoms with Gasteiger partial charge in [0.1, 0.15) is 0 Å². The van der Waals surface area contributed by atoms with Gasteiger partial charge in [0.2, 0.25) is 0 Å². The molecule has 0 heterocycles. The first kappa shape index (κ1) is 57.7. The average molecular weight is 592 g/mol. The predicted octanol–water partition coefficient (Wildman–Crippen LogP) is -3.64. The third kappa shape index (κ3) is 30.0. The van der Waals surface area contributed by atoms with Gasteiger partial charge >= 0.3 is 127 Å². The van der Waals surface area contributed by atoms with E-state index in [1.807, 2.05) is 0 Å². The molecule has 0 aromatic heterocycles. The number of hydrogen-bond donors (Lipinski definition) is 0. The summed E-state index contributed by atoms with van der Waals surface area (Å²) in [5, 5.41) is 0. The largest absolute Gasteiger partial charge is 1.00 e. The Morgan fingerprint density at radius 3 is 0.759 bits per heavy atom. The van der Waals surface area contributed by atoms with Crippen LogP contribution < -0.4 is 59.1 Å². The maximum absolute atomic E-state index is 7.50. The van der Waals surface area contributed by atoms with Crippen molar-refractivity contribution in [1.29, 1.82) is 0 Å². The van der Waals surface area contributed by atoms with Crippen LogP contribution in [-0.2, 0) is 70.0 Å². The molecule has 0 aliphatic heterocycles. The van der Waals surface area contributed by atoms with E-state index in [1.165, 1.54) is 11.1 Å². The summed E-state index contributed by atoms with van der Waals surface area (Å²) in [6.45, 7) is 31.8. The first-order chi connectivity index (χ1) is 12.2. The fourth-order valence-electron chi connectivity index (χ4n) is 1.75. The Morgan fingerprint density at radius 1 is 0.483 bits per heavy atom. The standard InChI is InChI=1S/C12H14Si.6CO.2Mo.2Na/c1-13(2,11-7-3-4-8-11)12-9-5-6-10-12;6*1-2;;;;/h3-10H,1-2H3;;;;;;;;;;/q;;;;;;;;;2*+1. The van der Waals surface area contributed by atoms with Gasteiger partial charge in [-0.05, 0) is 62.4 Å². The molecule has 10 radical (unpaired) electrons. The molecule has 2 fully saturated rings. The van der Waals surface area contributed by atoms with Crippen LogP contribution in [0.1, 0.15) is 0 Å². The first-order valence-corrected chi connectivity index (χ1v) is 8.88. The normalized spacial score (nSPS) is 12.6. The summed E-state index contributed by atoms with van der Waals surface area (Å²) in [4.78, 5) is 0. The Bertz CT molecular complexity index is 336. The van der Waals surface area contributed by atoms with E-state index in [0.717, 1.165) is 0 Å². The molecule has 0 unspecified atom stereocenters. The fraction of sp³-hybridized carbons (Fsp3) is 0.111. The quantitative estimate of drug-likeness (QED) is 0.179. The van der Waals surface area contributed by atoms with Gasteiger partial charge in [-0.3, -0.25) is 0 Å². The molecule has 2 saturated carbocycles. The van der Waals surface area contributed by atoms with Crippen LogP contribution in [0, 0.1) is 102 Å². The van der Waals surface area contributed by atoms with E-state index in [4.69, 9.17) is 27.9 Å². The monoisotopic (exact) mass is 596 g/mol. The van der Waals surface area contributed by atoms with Gasteiger partial charge in [0.05, 0.1) is 8.07 Å². The minimum atomic E-state index is -1.35. The minimum absolute atomic E-state index is 0. The zero-order valence-corrected chi connectivity index (χ0v) is 25.4. The van der Waals surface area contributed by atoms with Crippen LogP contribution in [0.25, 0.3) is 0 Å². The van der Waals surface area contributed by atoms with E-state index in [0.29, 0.717) is 0 Å². The average Bonchev–Trinajstić information content (AvgIpc) is 3.46. The summed E-state index contributed by atoms with van der Waals surface area (Å²) < 4.78 is 45.0. The van der Waals surface area contributed by atoms with E-state index in [2.05, 4.69) is 104 Å². The van der Waals surface area contributed by atoms with Gasteiger partial charge < -0.3 is 0 Å². The fourth-order valence-corrected chi connectivity index (χ4v) is 4.13. The molecule has 0 bridgehead atoms. The molecule has 0 N–H and O–H groups in total. The maximum atomic E-state index is 7.50. The molecule has 2 aliphatic carbocycles. The molecule has 0 amide bonds. The van der Waals surface area contributed by atoms with Crippen molar-refractivity contribution in [2.45, 2.75) is 13.1 Å². The third-order valence-corrected chi connectivity index (χ3v) is 6.32. The molecule has 29 heavy (non-hydrogen) atoms. The minimum Gasteiger partial charge on any atom is 0 e. The summed E-state index contributed by atoms with van der Waals surface area (Å²) in [6, 6.07) is 0.